The lowest BCUT2D eigenvalue weighted by molar-refractivity contribution is 0.590. The first-order valence-corrected chi connectivity index (χ1v) is 5.49. The Balaban J connectivity index is 2.50. The molecule has 4 nitrogen and oxygen atoms in total. The number of fused-ring (bicyclic) bond motifs is 1. The molecular weight excluding hydrogens is 219 g/mol. The molecule has 0 amide bonds. The Morgan fingerprint density at radius 1 is 1.41 bits per heavy atom. The molecule has 3 N–H and O–H groups in total. The lowest BCUT2D eigenvalue weighted by atomic mass is 10.2. The summed E-state index contributed by atoms with van der Waals surface area (Å²) in [5.74, 6) is 0.518. The molecule has 0 saturated carbocycles. The molecule has 1 aromatic carbocycles. The Labute approximate surface area is 99.1 Å². The van der Waals surface area contributed by atoms with E-state index in [4.69, 9.17) is 5.73 Å². The molecule has 0 spiro atoms. The zero-order valence-electron chi connectivity index (χ0n) is 9.87. The second-order valence-corrected chi connectivity index (χ2v) is 4.05. The maximum absolute atomic E-state index is 13.6. The fraction of sp³-hybridized carbons (Fsp3) is 0.333. The molecule has 1 aromatic heterocycles. The van der Waals surface area contributed by atoms with E-state index in [0.29, 0.717) is 29.0 Å². The molecule has 90 valence electrons. The van der Waals surface area contributed by atoms with Crippen molar-refractivity contribution in [2.45, 2.75) is 19.4 Å². The van der Waals surface area contributed by atoms with Crippen LogP contribution in [0.4, 0.5) is 10.2 Å². The summed E-state index contributed by atoms with van der Waals surface area (Å²) in [4.78, 5) is 8.41. The summed E-state index contributed by atoms with van der Waals surface area (Å²) in [5.41, 5.74) is 6.09. The molecule has 5 heteroatoms. The van der Waals surface area contributed by atoms with Crippen molar-refractivity contribution >= 4 is 16.7 Å². The Hall–Kier alpha value is -1.75. The molecule has 0 radical (unpaired) electrons. The van der Waals surface area contributed by atoms with Crippen molar-refractivity contribution in [2.75, 3.05) is 12.8 Å². The van der Waals surface area contributed by atoms with E-state index in [0.717, 1.165) is 0 Å². The number of nitrogens with zero attached hydrogens (tertiary/aromatic N) is 2. The van der Waals surface area contributed by atoms with E-state index in [1.165, 1.54) is 6.07 Å². The van der Waals surface area contributed by atoms with E-state index in [9.17, 15) is 4.39 Å². The maximum Gasteiger partial charge on any atom is 0.149 e. The summed E-state index contributed by atoms with van der Waals surface area (Å²) in [6, 6.07) is 4.92. The van der Waals surface area contributed by atoms with Crippen molar-refractivity contribution in [1.29, 1.82) is 0 Å². The third kappa shape index (κ3) is 2.34. The quantitative estimate of drug-likeness (QED) is 0.844. The molecule has 0 aliphatic rings. The maximum atomic E-state index is 13.6. The van der Waals surface area contributed by atoms with Crippen molar-refractivity contribution in [2.24, 2.45) is 0 Å². The molecule has 1 unspecified atom stereocenters. The van der Waals surface area contributed by atoms with Crippen LogP contribution in [0.2, 0.25) is 0 Å². The predicted molar refractivity (Wildman–Crippen MR) is 66.1 cm³/mol. The number of likely N-dealkylation sites (N-methyl/N-ethyl adjacent to an activating group) is 1. The lowest BCUT2D eigenvalue weighted by Gasteiger charge is -2.10. The van der Waals surface area contributed by atoms with Crippen LogP contribution in [0.1, 0.15) is 12.7 Å². The third-order valence-corrected chi connectivity index (χ3v) is 2.73. The highest BCUT2D eigenvalue weighted by Crippen LogP contribution is 2.20. The fourth-order valence-electron chi connectivity index (χ4n) is 1.66. The van der Waals surface area contributed by atoms with Crippen LogP contribution in [-0.2, 0) is 6.42 Å². The van der Waals surface area contributed by atoms with Gasteiger partial charge in [-0.2, -0.15) is 0 Å². The van der Waals surface area contributed by atoms with Gasteiger partial charge in [-0.3, -0.25) is 0 Å². The summed E-state index contributed by atoms with van der Waals surface area (Å²) >= 11 is 0. The zero-order chi connectivity index (χ0) is 12.4. The molecule has 0 saturated heterocycles. The molecule has 0 aliphatic heterocycles. The molecule has 17 heavy (non-hydrogen) atoms. The van der Waals surface area contributed by atoms with Gasteiger partial charge in [-0.05, 0) is 26.1 Å². The van der Waals surface area contributed by atoms with Crippen LogP contribution in [0.5, 0.6) is 0 Å². The topological polar surface area (TPSA) is 63.8 Å². The van der Waals surface area contributed by atoms with Gasteiger partial charge in [0, 0.05) is 17.8 Å². The number of hydrogen-bond donors (Lipinski definition) is 2. The van der Waals surface area contributed by atoms with Gasteiger partial charge in [-0.25, -0.2) is 14.4 Å². The van der Waals surface area contributed by atoms with Crippen LogP contribution < -0.4 is 11.1 Å². The van der Waals surface area contributed by atoms with Crippen molar-refractivity contribution in [1.82, 2.24) is 15.3 Å². The third-order valence-electron chi connectivity index (χ3n) is 2.73. The van der Waals surface area contributed by atoms with Crippen LogP contribution in [0.25, 0.3) is 10.9 Å². The van der Waals surface area contributed by atoms with Gasteiger partial charge in [0.15, 0.2) is 0 Å². The Bertz CT molecular complexity index is 541. The van der Waals surface area contributed by atoms with Crippen LogP contribution in [0.15, 0.2) is 18.2 Å². The average molecular weight is 234 g/mol. The van der Waals surface area contributed by atoms with E-state index in [1.54, 1.807) is 12.1 Å². The first-order valence-electron chi connectivity index (χ1n) is 5.49. The Kier molecular flexibility index (Phi) is 3.19. The molecule has 2 rings (SSSR count). The van der Waals surface area contributed by atoms with E-state index in [2.05, 4.69) is 15.3 Å². The minimum absolute atomic E-state index is 0.221. The molecule has 0 aliphatic carbocycles. The summed E-state index contributed by atoms with van der Waals surface area (Å²) in [7, 11) is 1.86. The minimum Gasteiger partial charge on any atom is -0.383 e. The van der Waals surface area contributed by atoms with E-state index >= 15 is 0 Å². The van der Waals surface area contributed by atoms with Crippen LogP contribution in [0.3, 0.4) is 0 Å². The van der Waals surface area contributed by atoms with Crippen LogP contribution in [0, 0.1) is 5.82 Å². The number of para-hydroxylation sites is 1. The van der Waals surface area contributed by atoms with Crippen LogP contribution in [-0.4, -0.2) is 23.1 Å². The fourth-order valence-corrected chi connectivity index (χ4v) is 1.66. The van der Waals surface area contributed by atoms with Gasteiger partial charge in [0.1, 0.15) is 23.0 Å². The van der Waals surface area contributed by atoms with E-state index in [-0.39, 0.29) is 11.9 Å². The first kappa shape index (κ1) is 11.7. The summed E-state index contributed by atoms with van der Waals surface area (Å²) in [6.45, 7) is 2.01. The summed E-state index contributed by atoms with van der Waals surface area (Å²) < 4.78 is 13.6. The smallest absolute Gasteiger partial charge is 0.149 e. The van der Waals surface area contributed by atoms with Gasteiger partial charge < -0.3 is 11.1 Å². The number of benzene rings is 1. The molecule has 0 bridgehead atoms. The number of anilines is 1. The number of nitrogen functional groups attached to an aromatic ring is 1. The largest absolute Gasteiger partial charge is 0.383 e. The highest BCUT2D eigenvalue weighted by atomic mass is 19.1. The second-order valence-electron chi connectivity index (χ2n) is 4.05. The van der Waals surface area contributed by atoms with Crippen molar-refractivity contribution in [3.05, 3.63) is 29.8 Å². The summed E-state index contributed by atoms with van der Waals surface area (Å²) in [5, 5.41) is 3.64. The van der Waals surface area contributed by atoms with Gasteiger partial charge in [-0.1, -0.05) is 6.07 Å². The number of nitrogens with one attached hydrogen (secondary N) is 1. The standard InChI is InChI=1S/C12H15FN4/c1-7(15-2)6-10-16-11-8(12(14)17-10)4-3-5-9(11)13/h3-5,7,15H,6H2,1-2H3,(H2,14,16,17). The second kappa shape index (κ2) is 4.63. The molecule has 1 atom stereocenters. The first-order chi connectivity index (χ1) is 8.11. The number of halogens is 1. The van der Waals surface area contributed by atoms with Gasteiger partial charge in [0.2, 0.25) is 0 Å². The lowest BCUT2D eigenvalue weighted by Crippen LogP contribution is -2.24. The highest BCUT2D eigenvalue weighted by molar-refractivity contribution is 5.88. The molecule has 2 aromatic rings. The monoisotopic (exact) mass is 234 g/mol. The van der Waals surface area contributed by atoms with E-state index in [1.807, 2.05) is 14.0 Å². The predicted octanol–water partition coefficient (Wildman–Crippen LogP) is 1.50. The number of hydrogen-bond acceptors (Lipinski definition) is 4. The zero-order valence-corrected chi connectivity index (χ0v) is 9.87. The van der Waals surface area contributed by atoms with Gasteiger partial charge in [0.25, 0.3) is 0 Å². The Morgan fingerprint density at radius 3 is 2.88 bits per heavy atom. The number of aromatic nitrogens is 2. The van der Waals surface area contributed by atoms with Crippen molar-refractivity contribution < 1.29 is 4.39 Å². The van der Waals surface area contributed by atoms with Gasteiger partial charge in [-0.15, -0.1) is 0 Å². The van der Waals surface area contributed by atoms with E-state index < -0.39 is 0 Å². The molecule has 0 fully saturated rings. The van der Waals surface area contributed by atoms with Crippen molar-refractivity contribution in [3.8, 4) is 0 Å². The highest BCUT2D eigenvalue weighted by Gasteiger charge is 2.10. The summed E-state index contributed by atoms with van der Waals surface area (Å²) in [6.07, 6.45) is 0.616. The minimum atomic E-state index is -0.366. The number of nitrogens with two attached hydrogens (primary N) is 1. The SMILES string of the molecule is CNC(C)Cc1nc(N)c2cccc(F)c2n1. The normalized spacial score (nSPS) is 12.9. The van der Waals surface area contributed by atoms with Crippen molar-refractivity contribution in [3.63, 3.8) is 0 Å². The molecular formula is C12H15FN4. The average Bonchev–Trinajstić information content (AvgIpc) is 2.30. The molecule has 1 heterocycles. The Morgan fingerprint density at radius 2 is 2.18 bits per heavy atom. The van der Waals surface area contributed by atoms with Crippen LogP contribution >= 0.6 is 0 Å². The number of rotatable bonds is 3. The van der Waals surface area contributed by atoms with Gasteiger partial charge >= 0.3 is 0 Å². The van der Waals surface area contributed by atoms with Gasteiger partial charge in [0.05, 0.1) is 0 Å².